The molecule has 0 fully saturated rings. The summed E-state index contributed by atoms with van der Waals surface area (Å²) in [5.74, 6) is -6.03. The van der Waals surface area contributed by atoms with E-state index in [1.54, 1.807) is 5.32 Å². The normalized spacial score (nSPS) is 13.7. The maximum absolute atomic E-state index is 14.1. The van der Waals surface area contributed by atoms with Gasteiger partial charge in [-0.3, -0.25) is 19.7 Å². The van der Waals surface area contributed by atoms with E-state index >= 15 is 0 Å². The standard InChI is InChI=1S/C17H7F11N2O3.C17H12F8N2O/c18-12-8(2-1-3-11(12)30(32)33)13(31)29-10-5-4-7(6-9(10)15(20,21)22)14(19,16(23,24)25)17(26,27)28;1-15(19,17(23,24)25)8-5-6-12(10(7-8)16(20,21)22)27-14(28)9-3-2-4-11(26)13(9)18/h1-6H,(H,29,31);2-7H,26H2,1H3,(H,27,28). The van der Waals surface area contributed by atoms with Gasteiger partial charge < -0.3 is 16.4 Å². The lowest BCUT2D eigenvalue weighted by Gasteiger charge is -2.31. The number of hydrogen-bond acceptors (Lipinski definition) is 5. The summed E-state index contributed by atoms with van der Waals surface area (Å²) in [5.41, 5.74) is -18.8. The third kappa shape index (κ3) is 10.2. The molecule has 0 spiro atoms. The Kier molecular flexibility index (Phi) is 13.4. The number of nitrogens with two attached hydrogens (primary N) is 1. The average Bonchev–Trinajstić information content (AvgIpc) is 3.10. The molecule has 0 aliphatic heterocycles. The fourth-order valence-electron chi connectivity index (χ4n) is 4.87. The average molecular weight is 909 g/mol. The number of nitrogens with zero attached hydrogens (tertiary/aromatic N) is 1. The van der Waals surface area contributed by atoms with Gasteiger partial charge in [-0.15, -0.1) is 0 Å². The number of nitro benzene ring substituents is 1. The number of nitro groups is 1. The lowest BCUT2D eigenvalue weighted by Crippen LogP contribution is -2.50. The van der Waals surface area contributed by atoms with E-state index in [9.17, 15) is 103 Å². The second-order valence-electron chi connectivity index (χ2n) is 12.2. The molecule has 4 aromatic rings. The zero-order chi connectivity index (χ0) is 47.1. The molecule has 4 rings (SSSR count). The van der Waals surface area contributed by atoms with E-state index in [1.165, 1.54) is 11.4 Å². The number of rotatable bonds is 7. The van der Waals surface area contributed by atoms with Crippen molar-refractivity contribution in [3.8, 4) is 0 Å². The van der Waals surface area contributed by atoms with Crippen molar-refractivity contribution in [1.82, 2.24) is 0 Å². The molecule has 332 valence electrons. The minimum Gasteiger partial charge on any atom is -0.396 e. The highest BCUT2D eigenvalue weighted by molar-refractivity contribution is 6.06. The number of anilines is 3. The van der Waals surface area contributed by atoms with Crippen molar-refractivity contribution in [2.75, 3.05) is 16.4 Å². The van der Waals surface area contributed by atoms with Crippen LogP contribution in [-0.4, -0.2) is 35.3 Å². The molecule has 61 heavy (non-hydrogen) atoms. The van der Waals surface area contributed by atoms with E-state index < -0.39 is 133 Å². The quantitative estimate of drug-likeness (QED) is 0.0736. The Morgan fingerprint density at radius 1 is 0.574 bits per heavy atom. The number of nitrogens with one attached hydrogen (secondary N) is 2. The lowest BCUT2D eigenvalue weighted by molar-refractivity contribution is -0.387. The fraction of sp³-hybridized carbons (Fsp3) is 0.235. The van der Waals surface area contributed by atoms with Gasteiger partial charge in [-0.2, -0.15) is 70.2 Å². The molecule has 2 amide bonds. The zero-order valence-corrected chi connectivity index (χ0v) is 29.3. The molecule has 0 aromatic heterocycles. The minimum absolute atomic E-state index is 0.0567. The van der Waals surface area contributed by atoms with Gasteiger partial charge in [0.1, 0.15) is 0 Å². The van der Waals surface area contributed by atoms with E-state index in [-0.39, 0.29) is 25.1 Å². The van der Waals surface area contributed by atoms with Crippen molar-refractivity contribution >= 4 is 34.6 Å². The molecule has 0 aliphatic rings. The summed E-state index contributed by atoms with van der Waals surface area (Å²) < 4.78 is 251. The molecule has 4 aromatic carbocycles. The molecular weight excluding hydrogens is 889 g/mol. The van der Waals surface area contributed by atoms with Crippen LogP contribution in [0.25, 0.3) is 0 Å². The monoisotopic (exact) mass is 908 g/mol. The minimum atomic E-state index is -6.70. The highest BCUT2D eigenvalue weighted by atomic mass is 19.4. The first kappa shape index (κ1) is 49.1. The first-order valence-corrected chi connectivity index (χ1v) is 15.6. The first-order valence-electron chi connectivity index (χ1n) is 15.6. The second kappa shape index (κ2) is 16.6. The Morgan fingerprint density at radius 2 is 0.967 bits per heavy atom. The number of carbonyl (C=O) groups is 2. The number of nitrogen functional groups attached to an aromatic ring is 1. The Labute approximate surface area is 326 Å². The van der Waals surface area contributed by atoms with Crippen LogP contribution in [0.3, 0.4) is 0 Å². The van der Waals surface area contributed by atoms with Gasteiger partial charge in [0.25, 0.3) is 11.8 Å². The first-order chi connectivity index (χ1) is 27.5. The third-order valence-electron chi connectivity index (χ3n) is 8.09. The van der Waals surface area contributed by atoms with Gasteiger partial charge in [-0.1, -0.05) is 24.3 Å². The number of amides is 2. The van der Waals surface area contributed by atoms with E-state index in [0.29, 0.717) is 24.3 Å². The van der Waals surface area contributed by atoms with Crippen molar-refractivity contribution in [3.63, 3.8) is 0 Å². The highest BCUT2D eigenvalue weighted by Crippen LogP contribution is 2.54. The molecule has 0 heterocycles. The van der Waals surface area contributed by atoms with Crippen LogP contribution in [0.1, 0.15) is 49.9 Å². The molecule has 0 radical (unpaired) electrons. The van der Waals surface area contributed by atoms with Crippen molar-refractivity contribution in [3.05, 3.63) is 128 Å². The Morgan fingerprint density at radius 3 is 1.36 bits per heavy atom. The van der Waals surface area contributed by atoms with Crippen LogP contribution in [0.5, 0.6) is 0 Å². The maximum atomic E-state index is 14.1. The highest BCUT2D eigenvalue weighted by Gasteiger charge is 2.73. The summed E-state index contributed by atoms with van der Waals surface area (Å²) >= 11 is 0. The molecule has 0 saturated carbocycles. The summed E-state index contributed by atoms with van der Waals surface area (Å²) in [5, 5.41) is 13.9. The van der Waals surface area contributed by atoms with E-state index in [4.69, 9.17) is 5.73 Å². The van der Waals surface area contributed by atoms with Crippen LogP contribution < -0.4 is 16.4 Å². The summed E-state index contributed by atoms with van der Waals surface area (Å²) in [4.78, 5) is 33.6. The number of hydrogen-bond donors (Lipinski definition) is 3. The zero-order valence-electron chi connectivity index (χ0n) is 29.3. The molecule has 27 heteroatoms. The molecule has 4 N–H and O–H groups in total. The van der Waals surface area contributed by atoms with Gasteiger partial charge in [0.05, 0.1) is 44.2 Å². The molecular formula is C34H19F19N4O4. The summed E-state index contributed by atoms with van der Waals surface area (Å²) in [6.07, 6.45) is -29.8. The van der Waals surface area contributed by atoms with Gasteiger partial charge >= 0.3 is 42.2 Å². The van der Waals surface area contributed by atoms with Gasteiger partial charge in [-0.25, -0.2) is 13.2 Å². The van der Waals surface area contributed by atoms with E-state index in [1.807, 2.05) is 0 Å². The van der Waals surface area contributed by atoms with Gasteiger partial charge in [0, 0.05) is 11.6 Å². The SMILES string of the molecule is CC(F)(c1ccc(NC(=O)c2cccc(N)c2F)c(C(F)(F)F)c1)C(F)(F)F.O=C(Nc1ccc(C(F)(C(F)(F)F)C(F)(F)F)cc1C(F)(F)F)c1cccc([N+](=O)[O-])c1F. The van der Waals surface area contributed by atoms with Crippen LogP contribution in [-0.2, 0) is 23.7 Å². The lowest BCUT2D eigenvalue weighted by atomic mass is 9.92. The number of alkyl halides is 17. The summed E-state index contributed by atoms with van der Waals surface area (Å²) in [7, 11) is 0. The van der Waals surface area contributed by atoms with Crippen molar-refractivity contribution in [2.45, 2.75) is 49.1 Å². The number of benzene rings is 4. The molecule has 0 bridgehead atoms. The van der Waals surface area contributed by atoms with Crippen LogP contribution in [0.15, 0.2) is 72.8 Å². The van der Waals surface area contributed by atoms with Crippen LogP contribution in [0.4, 0.5) is 106 Å². The Balaban J connectivity index is 0.000000330. The Hall–Kier alpha value is -6.31. The van der Waals surface area contributed by atoms with Crippen LogP contribution in [0.2, 0.25) is 0 Å². The van der Waals surface area contributed by atoms with E-state index in [0.717, 1.165) is 18.2 Å². The van der Waals surface area contributed by atoms with Crippen molar-refractivity contribution in [1.29, 1.82) is 0 Å². The molecule has 1 unspecified atom stereocenters. The van der Waals surface area contributed by atoms with Crippen molar-refractivity contribution < 1.29 is 97.9 Å². The number of halogens is 19. The van der Waals surface area contributed by atoms with Crippen LogP contribution >= 0.6 is 0 Å². The largest absolute Gasteiger partial charge is 0.435 e. The smallest absolute Gasteiger partial charge is 0.396 e. The predicted molar refractivity (Wildman–Crippen MR) is 172 cm³/mol. The maximum Gasteiger partial charge on any atom is 0.435 e. The topological polar surface area (TPSA) is 127 Å². The molecule has 8 nitrogen and oxygen atoms in total. The predicted octanol–water partition coefficient (Wildman–Crippen LogP) is 11.7. The van der Waals surface area contributed by atoms with Crippen LogP contribution in [0, 0.1) is 21.7 Å². The summed E-state index contributed by atoms with van der Waals surface area (Å²) in [6, 6.07) is 4.90. The third-order valence-corrected chi connectivity index (χ3v) is 8.09. The molecule has 1 atom stereocenters. The summed E-state index contributed by atoms with van der Waals surface area (Å²) in [6.45, 7) is 0.0723. The fourth-order valence-corrected chi connectivity index (χ4v) is 4.87. The molecule has 0 saturated heterocycles. The van der Waals surface area contributed by atoms with Gasteiger partial charge in [-0.05, 0) is 55.0 Å². The van der Waals surface area contributed by atoms with E-state index in [2.05, 4.69) is 0 Å². The van der Waals surface area contributed by atoms with Gasteiger partial charge in [0.15, 0.2) is 5.82 Å². The van der Waals surface area contributed by atoms with Crippen molar-refractivity contribution in [2.24, 2.45) is 0 Å². The number of carbonyl (C=O) groups excluding carboxylic acids is 2. The molecule has 0 aliphatic carbocycles. The second-order valence-corrected chi connectivity index (χ2v) is 12.2. The Bertz CT molecular complexity index is 2300. The van der Waals surface area contributed by atoms with Gasteiger partial charge in [0.2, 0.25) is 11.5 Å².